The maximum Gasteiger partial charge on any atom is 0.179 e. The van der Waals surface area contributed by atoms with Gasteiger partial charge in [0.15, 0.2) is 8.07 Å². The standard InChI is InChI=1S/C35H27NSi/c1-4-15-31(16-5-1)37(32-17-6-2-7-18-32,33-19-8-3-9-20-33)34-24-22-28(23-25-34)29-13-12-14-30(27-29)35-21-10-11-26-36-35/h1-27H. The molecule has 0 N–H and O–H groups in total. The van der Waals surface area contributed by atoms with Crippen LogP contribution in [0, 0.1) is 0 Å². The molecule has 0 aliphatic carbocycles. The highest BCUT2D eigenvalue weighted by Crippen LogP contribution is 2.25. The Kier molecular flexibility index (Phi) is 6.32. The Morgan fingerprint density at radius 1 is 0.351 bits per heavy atom. The SMILES string of the molecule is c1ccc([Si](c2ccccc2)(c2ccccc2)c2ccc(-c3cccc(-c4ccccn4)c3)cc2)cc1. The molecule has 6 aromatic rings. The second-order valence-electron chi connectivity index (χ2n) is 9.22. The molecule has 1 heterocycles. The van der Waals surface area contributed by atoms with Crippen LogP contribution in [-0.4, -0.2) is 13.1 Å². The Morgan fingerprint density at radius 2 is 0.838 bits per heavy atom. The first-order valence-electron chi connectivity index (χ1n) is 12.6. The van der Waals surface area contributed by atoms with Gasteiger partial charge in [-0.2, -0.15) is 0 Å². The van der Waals surface area contributed by atoms with Crippen LogP contribution in [0.2, 0.25) is 0 Å². The van der Waals surface area contributed by atoms with Crippen molar-refractivity contribution in [2.45, 2.75) is 0 Å². The lowest BCUT2D eigenvalue weighted by molar-refractivity contribution is 1.33. The minimum absolute atomic E-state index is 0.990. The van der Waals surface area contributed by atoms with Gasteiger partial charge in [0, 0.05) is 11.8 Å². The predicted octanol–water partition coefficient (Wildman–Crippen LogP) is 5.79. The molecule has 0 amide bonds. The number of hydrogen-bond donors (Lipinski definition) is 0. The zero-order chi connectivity index (χ0) is 24.9. The van der Waals surface area contributed by atoms with Gasteiger partial charge in [0.1, 0.15) is 0 Å². The first-order chi connectivity index (χ1) is 18.4. The third-order valence-corrected chi connectivity index (χ3v) is 11.9. The summed E-state index contributed by atoms with van der Waals surface area (Å²) in [6, 6.07) is 57.1. The molecule has 6 rings (SSSR count). The van der Waals surface area contributed by atoms with Gasteiger partial charge in [0.25, 0.3) is 0 Å². The van der Waals surface area contributed by atoms with Crippen molar-refractivity contribution in [3.05, 3.63) is 164 Å². The topological polar surface area (TPSA) is 12.9 Å². The Labute approximate surface area is 219 Å². The van der Waals surface area contributed by atoms with Crippen LogP contribution < -0.4 is 20.7 Å². The van der Waals surface area contributed by atoms with Crippen LogP contribution >= 0.6 is 0 Å². The molecule has 0 unspecified atom stereocenters. The predicted molar refractivity (Wildman–Crippen MR) is 159 cm³/mol. The summed E-state index contributed by atoms with van der Waals surface area (Å²) in [7, 11) is -2.50. The lowest BCUT2D eigenvalue weighted by atomic mass is 10.0. The molecule has 0 saturated heterocycles. The van der Waals surface area contributed by atoms with E-state index in [1.54, 1.807) is 0 Å². The van der Waals surface area contributed by atoms with Crippen molar-refractivity contribution < 1.29 is 0 Å². The summed E-state index contributed by atoms with van der Waals surface area (Å²) in [6.07, 6.45) is 1.84. The van der Waals surface area contributed by atoms with E-state index in [-0.39, 0.29) is 0 Å². The maximum absolute atomic E-state index is 4.54. The van der Waals surface area contributed by atoms with E-state index in [9.17, 15) is 0 Å². The molecular weight excluding hydrogens is 462 g/mol. The average Bonchev–Trinajstić information content (AvgIpc) is 3.00. The van der Waals surface area contributed by atoms with E-state index >= 15 is 0 Å². The summed E-state index contributed by atoms with van der Waals surface area (Å²) in [4.78, 5) is 4.54. The van der Waals surface area contributed by atoms with Crippen molar-refractivity contribution in [1.82, 2.24) is 4.98 Å². The minimum Gasteiger partial charge on any atom is -0.256 e. The van der Waals surface area contributed by atoms with E-state index in [1.807, 2.05) is 18.3 Å². The second-order valence-corrected chi connectivity index (χ2v) is 13.0. The Balaban J connectivity index is 1.51. The lowest BCUT2D eigenvalue weighted by Crippen LogP contribution is -2.74. The zero-order valence-corrected chi connectivity index (χ0v) is 21.5. The summed E-state index contributed by atoms with van der Waals surface area (Å²) < 4.78 is 0. The lowest BCUT2D eigenvalue weighted by Gasteiger charge is -2.34. The van der Waals surface area contributed by atoms with E-state index in [4.69, 9.17) is 0 Å². The van der Waals surface area contributed by atoms with Gasteiger partial charge in [-0.3, -0.25) is 4.98 Å². The molecule has 2 heteroatoms. The first-order valence-corrected chi connectivity index (χ1v) is 14.6. The Hall–Kier alpha value is -4.53. The van der Waals surface area contributed by atoms with Crippen molar-refractivity contribution in [2.24, 2.45) is 0 Å². The third-order valence-electron chi connectivity index (χ3n) is 7.09. The molecule has 0 bridgehead atoms. The molecular formula is C35H27NSi. The van der Waals surface area contributed by atoms with E-state index < -0.39 is 8.07 Å². The first kappa shape index (κ1) is 22.9. The molecule has 0 atom stereocenters. The molecule has 0 radical (unpaired) electrons. The average molecular weight is 490 g/mol. The van der Waals surface area contributed by atoms with Crippen LogP contribution in [0.3, 0.4) is 0 Å². The molecule has 0 spiro atoms. The van der Waals surface area contributed by atoms with E-state index in [0.717, 1.165) is 11.3 Å². The maximum atomic E-state index is 4.54. The van der Waals surface area contributed by atoms with Gasteiger partial charge in [-0.1, -0.05) is 140 Å². The number of pyridine rings is 1. The van der Waals surface area contributed by atoms with E-state index in [1.165, 1.54) is 31.9 Å². The fraction of sp³-hybridized carbons (Fsp3) is 0. The van der Waals surface area contributed by atoms with Gasteiger partial charge in [-0.25, -0.2) is 0 Å². The van der Waals surface area contributed by atoms with Crippen LogP contribution in [0.1, 0.15) is 0 Å². The number of nitrogens with zero attached hydrogens (tertiary/aromatic N) is 1. The summed E-state index contributed by atoms with van der Waals surface area (Å²) in [6.45, 7) is 0. The highest BCUT2D eigenvalue weighted by atomic mass is 28.3. The second kappa shape index (κ2) is 10.2. The number of benzene rings is 5. The van der Waals surface area contributed by atoms with Crippen LogP contribution in [0.4, 0.5) is 0 Å². The van der Waals surface area contributed by atoms with E-state index in [0.29, 0.717) is 0 Å². The number of aromatic nitrogens is 1. The summed E-state index contributed by atoms with van der Waals surface area (Å²) >= 11 is 0. The van der Waals surface area contributed by atoms with Gasteiger partial charge < -0.3 is 0 Å². The highest BCUT2D eigenvalue weighted by Gasteiger charge is 2.41. The monoisotopic (exact) mass is 489 g/mol. The fourth-order valence-electron chi connectivity index (χ4n) is 5.37. The summed E-state index contributed by atoms with van der Waals surface area (Å²) in [5, 5.41) is 5.53. The van der Waals surface area contributed by atoms with Crippen molar-refractivity contribution in [1.29, 1.82) is 0 Å². The number of rotatable bonds is 6. The quantitative estimate of drug-likeness (QED) is 0.213. The molecule has 176 valence electrons. The van der Waals surface area contributed by atoms with Gasteiger partial charge in [0.2, 0.25) is 0 Å². The van der Waals surface area contributed by atoms with Crippen LogP contribution in [0.15, 0.2) is 164 Å². The highest BCUT2D eigenvalue weighted by molar-refractivity contribution is 7.19. The van der Waals surface area contributed by atoms with E-state index in [2.05, 4.69) is 151 Å². The number of hydrogen-bond acceptors (Lipinski definition) is 1. The molecule has 0 aliphatic heterocycles. The fourth-order valence-corrected chi connectivity index (χ4v) is 10.1. The molecule has 0 saturated carbocycles. The van der Waals surface area contributed by atoms with Crippen LogP contribution in [0.25, 0.3) is 22.4 Å². The van der Waals surface area contributed by atoms with Gasteiger partial charge in [-0.05, 0) is 50.1 Å². The zero-order valence-electron chi connectivity index (χ0n) is 20.5. The Bertz CT molecular complexity index is 1480. The van der Waals surface area contributed by atoms with Crippen molar-refractivity contribution >= 4 is 28.8 Å². The molecule has 5 aromatic carbocycles. The van der Waals surface area contributed by atoms with Crippen molar-refractivity contribution in [2.75, 3.05) is 0 Å². The van der Waals surface area contributed by atoms with Crippen molar-refractivity contribution in [3.8, 4) is 22.4 Å². The molecule has 1 nitrogen and oxygen atoms in total. The third kappa shape index (κ3) is 4.33. The normalized spacial score (nSPS) is 11.2. The Morgan fingerprint density at radius 3 is 1.35 bits per heavy atom. The van der Waals surface area contributed by atoms with Gasteiger partial charge >= 0.3 is 0 Å². The van der Waals surface area contributed by atoms with Crippen molar-refractivity contribution in [3.63, 3.8) is 0 Å². The van der Waals surface area contributed by atoms with Crippen LogP contribution in [-0.2, 0) is 0 Å². The smallest absolute Gasteiger partial charge is 0.179 e. The summed E-state index contributed by atoms with van der Waals surface area (Å²) in [5.41, 5.74) is 4.52. The molecule has 0 fully saturated rings. The van der Waals surface area contributed by atoms with Gasteiger partial charge in [-0.15, -0.1) is 0 Å². The molecule has 1 aromatic heterocycles. The molecule has 0 aliphatic rings. The largest absolute Gasteiger partial charge is 0.256 e. The van der Waals surface area contributed by atoms with Gasteiger partial charge in [0.05, 0.1) is 5.69 Å². The molecule has 37 heavy (non-hydrogen) atoms. The minimum atomic E-state index is -2.50. The van der Waals surface area contributed by atoms with Crippen LogP contribution in [0.5, 0.6) is 0 Å². The summed E-state index contributed by atoms with van der Waals surface area (Å²) in [5.74, 6) is 0.